The summed E-state index contributed by atoms with van der Waals surface area (Å²) in [4.78, 5) is 12.2. The second-order valence-corrected chi connectivity index (χ2v) is 2.87. The topological polar surface area (TPSA) is 40.5 Å². The Morgan fingerprint density at radius 1 is 1.33 bits per heavy atom. The molecule has 0 saturated carbocycles. The minimum atomic E-state index is 0.183. The quantitative estimate of drug-likeness (QED) is 0.548. The molecule has 0 unspecified atom stereocenters. The summed E-state index contributed by atoms with van der Waals surface area (Å²) >= 11 is 0. The second-order valence-electron chi connectivity index (χ2n) is 2.87. The molecular weight excluding hydrogens is 154 g/mol. The number of aliphatic hydroxyl groups excluding tert-OH is 1. The summed E-state index contributed by atoms with van der Waals surface area (Å²) in [6, 6.07) is 0. The second kappa shape index (κ2) is 8.68. The average molecular weight is 173 g/mol. The van der Waals surface area contributed by atoms with E-state index in [2.05, 4.69) is 11.8 Å². The first kappa shape index (κ1) is 11.6. The van der Waals surface area contributed by atoms with Gasteiger partial charge in [0.25, 0.3) is 0 Å². The first-order chi connectivity index (χ1) is 5.85. The van der Waals surface area contributed by atoms with Crippen LogP contribution in [-0.2, 0) is 4.79 Å². The van der Waals surface area contributed by atoms with E-state index in [9.17, 15) is 4.79 Å². The van der Waals surface area contributed by atoms with Crippen molar-refractivity contribution in [3.63, 3.8) is 0 Å². The zero-order valence-electron chi connectivity index (χ0n) is 7.83. The van der Waals surface area contributed by atoms with Gasteiger partial charge in [-0.05, 0) is 13.0 Å². The summed E-state index contributed by atoms with van der Waals surface area (Å²) in [5.74, 6) is 0. The lowest BCUT2D eigenvalue weighted by molar-refractivity contribution is -0.108. The van der Waals surface area contributed by atoms with Gasteiger partial charge >= 0.3 is 0 Å². The minimum absolute atomic E-state index is 0.183. The van der Waals surface area contributed by atoms with Crippen LogP contribution in [0.25, 0.3) is 0 Å². The van der Waals surface area contributed by atoms with E-state index in [-0.39, 0.29) is 6.61 Å². The molecule has 0 aliphatic carbocycles. The van der Waals surface area contributed by atoms with E-state index in [0.29, 0.717) is 13.0 Å². The molecule has 0 aliphatic heterocycles. The summed E-state index contributed by atoms with van der Waals surface area (Å²) in [7, 11) is 0. The predicted molar refractivity (Wildman–Crippen MR) is 49.1 cm³/mol. The SMILES string of the molecule is CCCCN(CCO)CCC=O. The molecule has 72 valence electrons. The number of aliphatic hydroxyl groups is 1. The summed E-state index contributed by atoms with van der Waals surface area (Å²) < 4.78 is 0. The number of hydrogen-bond donors (Lipinski definition) is 1. The Morgan fingerprint density at radius 3 is 2.58 bits per heavy atom. The Bertz CT molecular complexity index is 107. The normalized spacial score (nSPS) is 10.6. The van der Waals surface area contributed by atoms with E-state index < -0.39 is 0 Å². The molecule has 0 bridgehead atoms. The maximum atomic E-state index is 10.1. The van der Waals surface area contributed by atoms with Crippen LogP contribution in [0.5, 0.6) is 0 Å². The number of carbonyl (C=O) groups is 1. The Balaban J connectivity index is 3.46. The Hall–Kier alpha value is -0.410. The van der Waals surface area contributed by atoms with Crippen LogP contribution >= 0.6 is 0 Å². The first-order valence-electron chi connectivity index (χ1n) is 4.62. The maximum Gasteiger partial charge on any atom is 0.121 e. The van der Waals surface area contributed by atoms with Gasteiger partial charge in [0.2, 0.25) is 0 Å². The van der Waals surface area contributed by atoms with Gasteiger partial charge in [-0.1, -0.05) is 13.3 Å². The Labute approximate surface area is 74.4 Å². The zero-order valence-corrected chi connectivity index (χ0v) is 7.83. The van der Waals surface area contributed by atoms with E-state index in [4.69, 9.17) is 5.11 Å². The highest BCUT2D eigenvalue weighted by Gasteiger charge is 2.01. The summed E-state index contributed by atoms with van der Waals surface area (Å²) in [5, 5.41) is 8.71. The van der Waals surface area contributed by atoms with Gasteiger partial charge in [0, 0.05) is 19.5 Å². The van der Waals surface area contributed by atoms with Gasteiger partial charge in [0.15, 0.2) is 0 Å². The molecule has 0 heterocycles. The fourth-order valence-corrected chi connectivity index (χ4v) is 1.09. The number of aldehydes is 1. The highest BCUT2D eigenvalue weighted by atomic mass is 16.3. The molecule has 0 spiro atoms. The summed E-state index contributed by atoms with van der Waals surface area (Å²) in [6.45, 7) is 4.78. The van der Waals surface area contributed by atoms with Gasteiger partial charge in [-0.25, -0.2) is 0 Å². The number of nitrogens with zero attached hydrogens (tertiary/aromatic N) is 1. The van der Waals surface area contributed by atoms with E-state index in [1.54, 1.807) is 0 Å². The van der Waals surface area contributed by atoms with E-state index in [1.807, 2.05) is 0 Å². The van der Waals surface area contributed by atoms with Crippen LogP contribution in [0.4, 0.5) is 0 Å². The van der Waals surface area contributed by atoms with Crippen molar-refractivity contribution in [1.82, 2.24) is 4.90 Å². The molecule has 0 atom stereocenters. The molecule has 3 nitrogen and oxygen atoms in total. The van der Waals surface area contributed by atoms with Crippen LogP contribution < -0.4 is 0 Å². The fraction of sp³-hybridized carbons (Fsp3) is 0.889. The lowest BCUT2D eigenvalue weighted by Gasteiger charge is -2.19. The number of hydrogen-bond acceptors (Lipinski definition) is 3. The number of carbonyl (C=O) groups excluding carboxylic acids is 1. The van der Waals surface area contributed by atoms with Crippen molar-refractivity contribution in [2.24, 2.45) is 0 Å². The zero-order chi connectivity index (χ0) is 9.23. The van der Waals surface area contributed by atoms with Crippen molar-refractivity contribution in [1.29, 1.82) is 0 Å². The number of rotatable bonds is 8. The van der Waals surface area contributed by atoms with Gasteiger partial charge in [-0.15, -0.1) is 0 Å². The number of unbranched alkanes of at least 4 members (excludes halogenated alkanes) is 1. The van der Waals surface area contributed by atoms with Crippen molar-refractivity contribution in [3.05, 3.63) is 0 Å². The first-order valence-corrected chi connectivity index (χ1v) is 4.62. The molecule has 0 amide bonds. The molecule has 0 aliphatic rings. The van der Waals surface area contributed by atoms with Crippen molar-refractivity contribution in [2.75, 3.05) is 26.2 Å². The van der Waals surface area contributed by atoms with E-state index in [1.165, 1.54) is 0 Å². The lowest BCUT2D eigenvalue weighted by Crippen LogP contribution is -2.29. The molecule has 0 fully saturated rings. The van der Waals surface area contributed by atoms with E-state index >= 15 is 0 Å². The largest absolute Gasteiger partial charge is 0.395 e. The van der Waals surface area contributed by atoms with Crippen LogP contribution in [0.2, 0.25) is 0 Å². The minimum Gasteiger partial charge on any atom is -0.395 e. The third-order valence-corrected chi connectivity index (χ3v) is 1.81. The van der Waals surface area contributed by atoms with Crippen LogP contribution in [0.15, 0.2) is 0 Å². The molecule has 12 heavy (non-hydrogen) atoms. The van der Waals surface area contributed by atoms with Gasteiger partial charge in [0.1, 0.15) is 6.29 Å². The lowest BCUT2D eigenvalue weighted by atomic mass is 10.3. The Kier molecular flexibility index (Phi) is 8.39. The van der Waals surface area contributed by atoms with Gasteiger partial charge < -0.3 is 14.8 Å². The fourth-order valence-electron chi connectivity index (χ4n) is 1.09. The summed E-state index contributed by atoms with van der Waals surface area (Å²) in [6.07, 6.45) is 3.79. The maximum absolute atomic E-state index is 10.1. The van der Waals surface area contributed by atoms with Crippen LogP contribution in [0.3, 0.4) is 0 Å². The molecule has 0 saturated heterocycles. The third-order valence-electron chi connectivity index (χ3n) is 1.81. The molecule has 0 aromatic rings. The van der Waals surface area contributed by atoms with Crippen molar-refractivity contribution < 1.29 is 9.90 Å². The molecular formula is C9H19NO2. The Morgan fingerprint density at radius 2 is 2.08 bits per heavy atom. The van der Waals surface area contributed by atoms with Crippen LogP contribution in [-0.4, -0.2) is 42.5 Å². The van der Waals surface area contributed by atoms with Crippen LogP contribution in [0.1, 0.15) is 26.2 Å². The van der Waals surface area contributed by atoms with Crippen LogP contribution in [0, 0.1) is 0 Å². The monoisotopic (exact) mass is 173 g/mol. The molecule has 0 aromatic heterocycles. The molecule has 0 aromatic carbocycles. The van der Waals surface area contributed by atoms with Gasteiger partial charge in [-0.2, -0.15) is 0 Å². The molecule has 0 radical (unpaired) electrons. The average Bonchev–Trinajstić information content (AvgIpc) is 2.10. The van der Waals surface area contributed by atoms with Crippen molar-refractivity contribution in [3.8, 4) is 0 Å². The van der Waals surface area contributed by atoms with E-state index in [0.717, 1.165) is 32.2 Å². The highest BCUT2D eigenvalue weighted by molar-refractivity contribution is 5.49. The van der Waals surface area contributed by atoms with Gasteiger partial charge in [-0.3, -0.25) is 0 Å². The predicted octanol–water partition coefficient (Wildman–Crippen LogP) is 0.670. The molecule has 3 heteroatoms. The smallest absolute Gasteiger partial charge is 0.121 e. The van der Waals surface area contributed by atoms with Gasteiger partial charge in [0.05, 0.1) is 6.61 Å². The molecule has 1 N–H and O–H groups in total. The highest BCUT2D eigenvalue weighted by Crippen LogP contribution is 1.95. The van der Waals surface area contributed by atoms with Crippen molar-refractivity contribution >= 4 is 6.29 Å². The molecule has 0 rings (SSSR count). The summed E-state index contributed by atoms with van der Waals surface area (Å²) in [5.41, 5.74) is 0. The standard InChI is InChI=1S/C9H19NO2/c1-2-3-5-10(7-9-12)6-4-8-11/h8,12H,2-7,9H2,1H3. The third kappa shape index (κ3) is 6.31. The van der Waals surface area contributed by atoms with Crippen molar-refractivity contribution in [2.45, 2.75) is 26.2 Å².